The Morgan fingerprint density at radius 1 is 1.38 bits per heavy atom. The van der Waals surface area contributed by atoms with Crippen LogP contribution >= 0.6 is 12.4 Å². The molecule has 0 radical (unpaired) electrons. The van der Waals surface area contributed by atoms with Crippen molar-refractivity contribution in [3.63, 3.8) is 0 Å². The van der Waals surface area contributed by atoms with E-state index in [1.54, 1.807) is 0 Å². The van der Waals surface area contributed by atoms with Crippen molar-refractivity contribution >= 4 is 18.2 Å². The van der Waals surface area contributed by atoms with Gasteiger partial charge in [-0.15, -0.1) is 21.2 Å². The first kappa shape index (κ1) is 12.7. The van der Waals surface area contributed by atoms with Crippen molar-refractivity contribution in [2.75, 3.05) is 6.54 Å². The van der Waals surface area contributed by atoms with Crippen LogP contribution in [0.2, 0.25) is 0 Å². The highest BCUT2D eigenvalue weighted by Gasteiger charge is 2.44. The molecule has 16 heavy (non-hydrogen) atoms. The predicted molar refractivity (Wildman–Crippen MR) is 53.3 cm³/mol. The summed E-state index contributed by atoms with van der Waals surface area (Å²) >= 11 is 0. The standard InChI is InChI=1S/C9H7F2NO3.ClH/c10-9(11)14-7-3-1-2-5(6(13)4-12)8(7)15-9;/h1-3H,4,12H2;1H. The molecule has 0 saturated carbocycles. The highest BCUT2D eigenvalue weighted by atomic mass is 35.5. The van der Waals surface area contributed by atoms with E-state index in [0.29, 0.717) is 0 Å². The first-order valence-electron chi connectivity index (χ1n) is 4.15. The first-order chi connectivity index (χ1) is 7.03. The molecule has 0 aliphatic carbocycles. The maximum atomic E-state index is 12.7. The lowest BCUT2D eigenvalue weighted by molar-refractivity contribution is -0.286. The minimum absolute atomic E-state index is 0. The summed E-state index contributed by atoms with van der Waals surface area (Å²) in [6.07, 6.45) is -3.71. The van der Waals surface area contributed by atoms with E-state index in [1.165, 1.54) is 18.2 Å². The molecule has 0 spiro atoms. The monoisotopic (exact) mass is 251 g/mol. The lowest BCUT2D eigenvalue weighted by atomic mass is 10.1. The molecule has 0 fully saturated rings. The van der Waals surface area contributed by atoms with Gasteiger partial charge in [0.2, 0.25) is 0 Å². The highest BCUT2D eigenvalue weighted by molar-refractivity contribution is 6.00. The summed E-state index contributed by atoms with van der Waals surface area (Å²) < 4.78 is 33.8. The number of nitrogens with two attached hydrogens (primary N) is 1. The van der Waals surface area contributed by atoms with Gasteiger partial charge in [0.1, 0.15) is 0 Å². The topological polar surface area (TPSA) is 61.6 Å². The van der Waals surface area contributed by atoms with Crippen molar-refractivity contribution in [3.8, 4) is 11.5 Å². The van der Waals surface area contributed by atoms with Gasteiger partial charge in [0.25, 0.3) is 0 Å². The molecule has 1 aromatic rings. The summed E-state index contributed by atoms with van der Waals surface area (Å²) in [5.41, 5.74) is 5.14. The third-order valence-electron chi connectivity index (χ3n) is 1.91. The maximum Gasteiger partial charge on any atom is 0.586 e. The SMILES string of the molecule is Cl.NCC(=O)c1cccc2c1OC(F)(F)O2. The van der Waals surface area contributed by atoms with Gasteiger partial charge in [0.05, 0.1) is 12.1 Å². The van der Waals surface area contributed by atoms with Gasteiger partial charge in [-0.2, -0.15) is 0 Å². The minimum Gasteiger partial charge on any atom is -0.395 e. The van der Waals surface area contributed by atoms with E-state index in [2.05, 4.69) is 9.47 Å². The predicted octanol–water partition coefficient (Wildman–Crippen LogP) is 1.57. The summed E-state index contributed by atoms with van der Waals surface area (Å²) in [7, 11) is 0. The second kappa shape index (κ2) is 4.23. The fraction of sp³-hybridized carbons (Fsp3) is 0.222. The van der Waals surface area contributed by atoms with Gasteiger partial charge in [0, 0.05) is 0 Å². The number of halogens is 3. The Kier molecular flexibility index (Phi) is 3.35. The Morgan fingerprint density at radius 2 is 2.06 bits per heavy atom. The van der Waals surface area contributed by atoms with Crippen molar-refractivity contribution in [1.29, 1.82) is 0 Å². The van der Waals surface area contributed by atoms with Crippen LogP contribution in [0, 0.1) is 0 Å². The number of Topliss-reactive ketones (excluding diaryl/α,β-unsaturated/α-hetero) is 1. The van der Waals surface area contributed by atoms with E-state index in [0.717, 1.165) is 0 Å². The Bertz CT molecular complexity index is 425. The summed E-state index contributed by atoms with van der Waals surface area (Å²) in [6.45, 7) is -0.272. The van der Waals surface area contributed by atoms with E-state index >= 15 is 0 Å². The Labute approximate surface area is 95.7 Å². The van der Waals surface area contributed by atoms with Gasteiger partial charge < -0.3 is 15.2 Å². The van der Waals surface area contributed by atoms with Crippen molar-refractivity contribution in [1.82, 2.24) is 0 Å². The molecule has 2 rings (SSSR count). The second-order valence-corrected chi connectivity index (χ2v) is 2.93. The molecular weight excluding hydrogens is 244 g/mol. The van der Waals surface area contributed by atoms with Gasteiger partial charge in [-0.3, -0.25) is 4.79 Å². The summed E-state index contributed by atoms with van der Waals surface area (Å²) in [6, 6.07) is 4.08. The zero-order valence-corrected chi connectivity index (χ0v) is 8.72. The van der Waals surface area contributed by atoms with Gasteiger partial charge in [0.15, 0.2) is 17.3 Å². The molecule has 4 nitrogen and oxygen atoms in total. The molecule has 1 aromatic carbocycles. The van der Waals surface area contributed by atoms with E-state index < -0.39 is 12.1 Å². The van der Waals surface area contributed by atoms with Gasteiger partial charge in [-0.25, -0.2) is 0 Å². The lowest BCUT2D eigenvalue weighted by Crippen LogP contribution is -2.26. The van der Waals surface area contributed by atoms with E-state index in [4.69, 9.17) is 5.73 Å². The minimum atomic E-state index is -3.71. The highest BCUT2D eigenvalue weighted by Crippen LogP contribution is 2.43. The Morgan fingerprint density at radius 3 is 2.69 bits per heavy atom. The van der Waals surface area contributed by atoms with Crippen LogP contribution in [0.3, 0.4) is 0 Å². The van der Waals surface area contributed by atoms with E-state index in [9.17, 15) is 13.6 Å². The Hall–Kier alpha value is -1.40. The summed E-state index contributed by atoms with van der Waals surface area (Å²) in [5, 5.41) is 0. The maximum absolute atomic E-state index is 12.7. The number of benzene rings is 1. The van der Waals surface area contributed by atoms with Crippen molar-refractivity contribution in [2.45, 2.75) is 6.29 Å². The number of ketones is 1. The van der Waals surface area contributed by atoms with E-state index in [-0.39, 0.29) is 36.0 Å². The molecule has 0 bridgehead atoms. The molecule has 0 saturated heterocycles. The molecule has 7 heteroatoms. The molecule has 88 valence electrons. The first-order valence-corrected chi connectivity index (χ1v) is 4.15. The number of hydrogen-bond donors (Lipinski definition) is 1. The number of carbonyl (C=O) groups excluding carboxylic acids is 1. The molecule has 2 N–H and O–H groups in total. The number of ether oxygens (including phenoxy) is 2. The average Bonchev–Trinajstić information content (AvgIpc) is 2.49. The normalized spacial score (nSPS) is 15.4. The summed E-state index contributed by atoms with van der Waals surface area (Å²) in [5.74, 6) is -0.884. The molecule has 0 atom stereocenters. The number of fused-ring (bicyclic) bond motifs is 1. The van der Waals surface area contributed by atoms with Crippen molar-refractivity contribution in [3.05, 3.63) is 23.8 Å². The van der Waals surface area contributed by atoms with Gasteiger partial charge in [-0.1, -0.05) is 6.07 Å². The van der Waals surface area contributed by atoms with E-state index in [1.807, 2.05) is 0 Å². The van der Waals surface area contributed by atoms with Crippen molar-refractivity contribution in [2.24, 2.45) is 5.73 Å². The molecule has 1 heterocycles. The number of carbonyl (C=O) groups is 1. The summed E-state index contributed by atoms with van der Waals surface area (Å²) in [4.78, 5) is 11.3. The molecule has 0 amide bonds. The van der Waals surface area contributed by atoms with Crippen molar-refractivity contribution < 1.29 is 23.0 Å². The third kappa shape index (κ3) is 2.07. The van der Waals surface area contributed by atoms with Crippen LogP contribution in [0.4, 0.5) is 8.78 Å². The zero-order valence-electron chi connectivity index (χ0n) is 7.91. The van der Waals surface area contributed by atoms with Crippen LogP contribution in [0.25, 0.3) is 0 Å². The smallest absolute Gasteiger partial charge is 0.395 e. The third-order valence-corrected chi connectivity index (χ3v) is 1.91. The van der Waals surface area contributed by atoms with Crippen LogP contribution in [-0.4, -0.2) is 18.6 Å². The molecule has 1 aliphatic rings. The second-order valence-electron chi connectivity index (χ2n) is 2.93. The van der Waals surface area contributed by atoms with Crippen LogP contribution in [-0.2, 0) is 0 Å². The van der Waals surface area contributed by atoms with Gasteiger partial charge in [-0.05, 0) is 12.1 Å². The number of hydrogen-bond acceptors (Lipinski definition) is 4. The molecular formula is C9H8ClF2NO3. The number of rotatable bonds is 2. The van der Waals surface area contributed by atoms with Crippen LogP contribution < -0.4 is 15.2 Å². The fourth-order valence-electron chi connectivity index (χ4n) is 1.30. The van der Waals surface area contributed by atoms with Crippen LogP contribution in [0.1, 0.15) is 10.4 Å². The molecule has 0 aromatic heterocycles. The number of alkyl halides is 2. The average molecular weight is 252 g/mol. The number of para-hydroxylation sites is 1. The molecule has 0 unspecified atom stereocenters. The largest absolute Gasteiger partial charge is 0.586 e. The lowest BCUT2D eigenvalue weighted by Gasteiger charge is -2.05. The zero-order chi connectivity index (χ0) is 11.1. The Balaban J connectivity index is 0.00000128. The molecule has 1 aliphatic heterocycles. The quantitative estimate of drug-likeness (QED) is 0.811. The van der Waals surface area contributed by atoms with Crippen LogP contribution in [0.5, 0.6) is 11.5 Å². The van der Waals surface area contributed by atoms with Crippen LogP contribution in [0.15, 0.2) is 18.2 Å². The fourth-order valence-corrected chi connectivity index (χ4v) is 1.30. The van der Waals surface area contributed by atoms with Gasteiger partial charge >= 0.3 is 6.29 Å².